The van der Waals surface area contributed by atoms with E-state index in [1.54, 1.807) is 19.9 Å². The highest BCUT2D eigenvalue weighted by Crippen LogP contribution is 2.31. The van der Waals surface area contributed by atoms with Gasteiger partial charge in [-0.1, -0.05) is 0 Å². The summed E-state index contributed by atoms with van der Waals surface area (Å²) < 4.78 is 38.2. The van der Waals surface area contributed by atoms with E-state index in [0.29, 0.717) is 11.3 Å². The Morgan fingerprint density at radius 2 is 1.78 bits per heavy atom. The second kappa shape index (κ2) is 5.97. The van der Waals surface area contributed by atoms with Crippen LogP contribution in [0.5, 0.6) is 5.75 Å². The van der Waals surface area contributed by atoms with Crippen molar-refractivity contribution in [3.63, 3.8) is 0 Å². The minimum atomic E-state index is -3.95. The molecule has 0 saturated heterocycles. The Morgan fingerprint density at radius 1 is 1.17 bits per heavy atom. The molecule has 0 fully saturated rings. The van der Waals surface area contributed by atoms with Crippen molar-refractivity contribution in [3.8, 4) is 11.8 Å². The lowest BCUT2D eigenvalue weighted by atomic mass is 10.1. The molecular weight excluding hydrogens is 316 g/mol. The first-order valence-electron chi connectivity index (χ1n) is 6.89. The number of sulfonamides is 1. The van der Waals surface area contributed by atoms with Crippen LogP contribution in [0.3, 0.4) is 0 Å². The molecule has 7 heteroatoms. The number of rotatable bonds is 4. The van der Waals surface area contributed by atoms with Crippen LogP contribution in [0.25, 0.3) is 0 Å². The average Bonchev–Trinajstić information content (AvgIpc) is 2.74. The smallest absolute Gasteiger partial charge is 0.267 e. The number of ether oxygens (including phenoxy) is 1. The summed E-state index contributed by atoms with van der Waals surface area (Å²) in [4.78, 5) is -0.00121. The fraction of sp³-hybridized carbons (Fsp3) is 0.312. The largest absolute Gasteiger partial charge is 0.495 e. The first-order chi connectivity index (χ1) is 10.7. The van der Waals surface area contributed by atoms with Gasteiger partial charge in [0.05, 0.1) is 7.11 Å². The van der Waals surface area contributed by atoms with E-state index < -0.39 is 10.0 Å². The van der Waals surface area contributed by atoms with Crippen molar-refractivity contribution >= 4 is 15.9 Å². The summed E-state index contributed by atoms with van der Waals surface area (Å²) in [5, 5.41) is 9.19. The standard InChI is InChI=1S/C16H18N2O4S/c1-9-6-14(21-5)15(7-10(9)2)23(19,20)18-16-13(8-17)11(3)12(4)22-16/h6-7,18H,1-5H3. The lowest BCUT2D eigenvalue weighted by Crippen LogP contribution is -2.15. The van der Waals surface area contributed by atoms with Crippen LogP contribution in [-0.4, -0.2) is 15.5 Å². The first-order valence-corrected chi connectivity index (χ1v) is 8.37. The number of nitrogens with zero attached hydrogens (tertiary/aromatic N) is 1. The minimum Gasteiger partial charge on any atom is -0.495 e. The minimum absolute atomic E-state index is 0.00121. The van der Waals surface area contributed by atoms with Crippen LogP contribution in [0.2, 0.25) is 0 Å². The van der Waals surface area contributed by atoms with Crippen LogP contribution in [0, 0.1) is 39.0 Å². The van der Waals surface area contributed by atoms with Gasteiger partial charge in [-0.15, -0.1) is 0 Å². The highest BCUT2D eigenvalue weighted by Gasteiger charge is 2.25. The number of anilines is 1. The predicted octanol–water partition coefficient (Wildman–Crippen LogP) is 3.19. The van der Waals surface area contributed by atoms with Crippen molar-refractivity contribution in [2.45, 2.75) is 32.6 Å². The lowest BCUT2D eigenvalue weighted by molar-refractivity contribution is 0.402. The fourth-order valence-corrected chi connectivity index (χ4v) is 3.38. The molecule has 0 unspecified atom stereocenters. The highest BCUT2D eigenvalue weighted by molar-refractivity contribution is 7.92. The zero-order chi connectivity index (χ0) is 17.4. The van der Waals surface area contributed by atoms with E-state index in [0.717, 1.165) is 11.1 Å². The van der Waals surface area contributed by atoms with Crippen molar-refractivity contribution in [1.82, 2.24) is 0 Å². The molecule has 6 nitrogen and oxygen atoms in total. The molecule has 2 aromatic rings. The topological polar surface area (TPSA) is 92.3 Å². The van der Waals surface area contributed by atoms with Gasteiger partial charge in [0.15, 0.2) is 0 Å². The monoisotopic (exact) mass is 334 g/mol. The molecule has 0 atom stereocenters. The summed E-state index contributed by atoms with van der Waals surface area (Å²) >= 11 is 0. The summed E-state index contributed by atoms with van der Waals surface area (Å²) in [6.45, 7) is 7.06. The molecule has 23 heavy (non-hydrogen) atoms. The van der Waals surface area contributed by atoms with Gasteiger partial charge in [-0.2, -0.15) is 5.26 Å². The molecule has 122 valence electrons. The third-order valence-electron chi connectivity index (χ3n) is 3.79. The summed E-state index contributed by atoms with van der Waals surface area (Å²) in [6.07, 6.45) is 0. The van der Waals surface area contributed by atoms with E-state index in [1.807, 2.05) is 19.9 Å². The van der Waals surface area contributed by atoms with Crippen LogP contribution in [0.15, 0.2) is 21.4 Å². The Kier molecular flexibility index (Phi) is 4.39. The van der Waals surface area contributed by atoms with Gasteiger partial charge < -0.3 is 9.15 Å². The number of nitrogens with one attached hydrogen (secondary N) is 1. The highest BCUT2D eigenvalue weighted by atomic mass is 32.2. The molecule has 0 aliphatic rings. The predicted molar refractivity (Wildman–Crippen MR) is 86.2 cm³/mol. The van der Waals surface area contributed by atoms with E-state index in [-0.39, 0.29) is 22.1 Å². The third-order valence-corrected chi connectivity index (χ3v) is 5.15. The Balaban J connectivity index is 2.55. The quantitative estimate of drug-likeness (QED) is 0.927. The molecule has 1 N–H and O–H groups in total. The Bertz CT molecular complexity index is 905. The number of nitriles is 1. The number of benzene rings is 1. The molecule has 1 aromatic heterocycles. The van der Waals surface area contributed by atoms with Gasteiger partial charge in [-0.3, -0.25) is 0 Å². The summed E-state index contributed by atoms with van der Waals surface area (Å²) in [5.74, 6) is 0.646. The first kappa shape index (κ1) is 16.9. The Hall–Kier alpha value is -2.46. The zero-order valence-electron chi connectivity index (χ0n) is 13.6. The van der Waals surface area contributed by atoms with Crippen molar-refractivity contribution in [2.75, 3.05) is 11.8 Å². The number of methoxy groups -OCH3 is 1. The molecule has 0 saturated carbocycles. The maximum Gasteiger partial charge on any atom is 0.267 e. The van der Waals surface area contributed by atoms with Gasteiger partial charge in [-0.05, 0) is 51.0 Å². The van der Waals surface area contributed by atoms with Crippen molar-refractivity contribution < 1.29 is 17.6 Å². The molecule has 0 radical (unpaired) electrons. The van der Waals surface area contributed by atoms with Crippen LogP contribution >= 0.6 is 0 Å². The van der Waals surface area contributed by atoms with Gasteiger partial charge in [-0.25, -0.2) is 13.1 Å². The van der Waals surface area contributed by atoms with E-state index >= 15 is 0 Å². The number of hydrogen-bond acceptors (Lipinski definition) is 5. The molecule has 0 aliphatic heterocycles. The molecular formula is C16H18N2O4S. The van der Waals surface area contributed by atoms with E-state index in [9.17, 15) is 13.7 Å². The Morgan fingerprint density at radius 3 is 2.35 bits per heavy atom. The summed E-state index contributed by atoms with van der Waals surface area (Å²) in [6, 6.07) is 5.15. The zero-order valence-corrected chi connectivity index (χ0v) is 14.5. The van der Waals surface area contributed by atoms with Crippen LogP contribution < -0.4 is 9.46 Å². The lowest BCUT2D eigenvalue weighted by Gasteiger charge is -2.13. The van der Waals surface area contributed by atoms with E-state index in [1.165, 1.54) is 13.2 Å². The third kappa shape index (κ3) is 3.03. The van der Waals surface area contributed by atoms with Crippen molar-refractivity contribution in [1.29, 1.82) is 5.26 Å². The van der Waals surface area contributed by atoms with Crippen molar-refractivity contribution in [3.05, 3.63) is 40.1 Å². The molecule has 1 heterocycles. The van der Waals surface area contributed by atoms with E-state index in [2.05, 4.69) is 4.72 Å². The maximum absolute atomic E-state index is 12.7. The molecule has 0 aliphatic carbocycles. The van der Waals surface area contributed by atoms with E-state index in [4.69, 9.17) is 9.15 Å². The Labute approximate surface area is 135 Å². The second-order valence-corrected chi connectivity index (χ2v) is 6.94. The second-order valence-electron chi connectivity index (χ2n) is 5.29. The number of furan rings is 1. The SMILES string of the molecule is COc1cc(C)c(C)cc1S(=O)(=O)Nc1oc(C)c(C)c1C#N. The molecule has 0 amide bonds. The van der Waals surface area contributed by atoms with Crippen molar-refractivity contribution in [2.24, 2.45) is 0 Å². The molecule has 0 bridgehead atoms. The van der Waals surface area contributed by atoms with Crippen LogP contribution in [0.4, 0.5) is 5.88 Å². The van der Waals surface area contributed by atoms with Gasteiger partial charge in [0.1, 0.15) is 28.0 Å². The fourth-order valence-electron chi connectivity index (χ4n) is 2.14. The van der Waals surface area contributed by atoms with Crippen LogP contribution in [0.1, 0.15) is 28.0 Å². The summed E-state index contributed by atoms with van der Waals surface area (Å²) in [5.41, 5.74) is 2.52. The molecule has 1 aromatic carbocycles. The number of aryl methyl sites for hydroxylation is 3. The maximum atomic E-state index is 12.7. The molecule has 2 rings (SSSR count). The van der Waals surface area contributed by atoms with Gasteiger partial charge in [0.2, 0.25) is 5.88 Å². The van der Waals surface area contributed by atoms with Gasteiger partial charge in [0.25, 0.3) is 10.0 Å². The normalized spacial score (nSPS) is 11.1. The summed E-state index contributed by atoms with van der Waals surface area (Å²) in [7, 11) is -2.54. The number of hydrogen-bond donors (Lipinski definition) is 1. The van der Waals surface area contributed by atoms with Crippen LogP contribution in [-0.2, 0) is 10.0 Å². The van der Waals surface area contributed by atoms with Gasteiger partial charge in [0, 0.05) is 5.56 Å². The van der Waals surface area contributed by atoms with Gasteiger partial charge >= 0.3 is 0 Å². The average molecular weight is 334 g/mol. The molecule has 0 spiro atoms.